The number of phosphoric acid groups is 2. The summed E-state index contributed by atoms with van der Waals surface area (Å²) in [7, 11) is -11.0. The number of carbonyl (C=O) groups is 1. The molecule has 1 amide bonds. The van der Waals surface area contributed by atoms with Gasteiger partial charge in [-0.05, 0) is 6.07 Å². The van der Waals surface area contributed by atoms with Gasteiger partial charge < -0.3 is 55.7 Å². The third-order valence-corrected chi connectivity index (χ3v) is 9.30. The number of ether oxygens (including phenoxy) is 2. The minimum Gasteiger partial charge on any atom is -0.756 e. The van der Waals surface area contributed by atoms with Gasteiger partial charge in [-0.3, -0.25) is 18.5 Å². The molecule has 2 aliphatic heterocycles. The highest BCUT2D eigenvalue weighted by Crippen LogP contribution is 2.58. The maximum absolute atomic E-state index is 12.4. The van der Waals surface area contributed by atoms with Gasteiger partial charge in [0.05, 0.1) is 19.5 Å². The molecule has 3 aromatic heterocycles. The smallest absolute Gasteiger partial charge is 0.478 e. The normalized spacial score (nSPS) is 31.6. The van der Waals surface area contributed by atoms with E-state index < -0.39 is 83.8 Å². The Morgan fingerprint density at radius 3 is 2.45 bits per heavy atom. The van der Waals surface area contributed by atoms with E-state index in [1.165, 1.54) is 40.0 Å². The molecule has 2 saturated heterocycles. The molecule has 0 aromatic carbocycles. The Labute approximate surface area is 246 Å². The van der Waals surface area contributed by atoms with Crippen molar-refractivity contribution in [1.82, 2.24) is 19.5 Å². The molecule has 10 atom stereocenters. The van der Waals surface area contributed by atoms with Crippen LogP contribution in [0.5, 0.6) is 0 Å². The highest BCUT2D eigenvalue weighted by atomic mass is 31.3. The van der Waals surface area contributed by atoms with Crippen LogP contribution >= 0.6 is 15.6 Å². The Kier molecular flexibility index (Phi) is 9.13. The fourth-order valence-corrected chi connectivity index (χ4v) is 6.62. The summed E-state index contributed by atoms with van der Waals surface area (Å²) in [6.07, 6.45) is -7.05. The van der Waals surface area contributed by atoms with E-state index in [1.807, 2.05) is 0 Å². The molecule has 2 fully saturated rings. The molecule has 0 radical (unpaired) electrons. The summed E-state index contributed by atoms with van der Waals surface area (Å²) < 4.78 is 51.5. The van der Waals surface area contributed by atoms with Crippen molar-refractivity contribution in [3.8, 4) is 0 Å². The number of aliphatic hydroxyl groups excluding tert-OH is 4. The minimum absolute atomic E-state index is 0.0446. The van der Waals surface area contributed by atoms with Crippen LogP contribution in [0.25, 0.3) is 11.2 Å². The molecular formula is C21H27N7O14P2. The van der Waals surface area contributed by atoms with Gasteiger partial charge in [-0.2, -0.15) is 4.57 Å². The molecule has 0 bridgehead atoms. The van der Waals surface area contributed by atoms with Crippen molar-refractivity contribution < 1.29 is 71.5 Å². The second-order valence-corrected chi connectivity index (χ2v) is 12.7. The van der Waals surface area contributed by atoms with Crippen LogP contribution in [0.3, 0.4) is 0 Å². The highest BCUT2D eigenvalue weighted by molar-refractivity contribution is 7.60. The second kappa shape index (κ2) is 12.4. The quantitative estimate of drug-likeness (QED) is 0.0768. The number of rotatable bonds is 11. The van der Waals surface area contributed by atoms with Gasteiger partial charge in [0.2, 0.25) is 0 Å². The van der Waals surface area contributed by atoms with E-state index >= 15 is 0 Å². The van der Waals surface area contributed by atoms with Gasteiger partial charge in [0.15, 0.2) is 36.2 Å². The summed E-state index contributed by atoms with van der Waals surface area (Å²) in [6.45, 7) is -1.89. The van der Waals surface area contributed by atoms with Crippen molar-refractivity contribution >= 4 is 38.5 Å². The van der Waals surface area contributed by atoms with Crippen LogP contribution in [-0.4, -0.2) is 101 Å². The molecule has 9 N–H and O–H groups in total. The monoisotopic (exact) mass is 663 g/mol. The first-order valence-electron chi connectivity index (χ1n) is 12.6. The zero-order chi connectivity index (χ0) is 32.0. The summed E-state index contributed by atoms with van der Waals surface area (Å²) in [5, 5.41) is 41.6. The predicted octanol–water partition coefficient (Wildman–Crippen LogP) is -3.65. The number of nitrogens with two attached hydrogens (primary N) is 2. The number of phosphoric ester groups is 2. The highest BCUT2D eigenvalue weighted by Gasteiger charge is 2.49. The lowest BCUT2D eigenvalue weighted by Crippen LogP contribution is -2.46. The lowest BCUT2D eigenvalue weighted by Gasteiger charge is -2.26. The molecule has 2 aliphatic rings. The van der Waals surface area contributed by atoms with Crippen molar-refractivity contribution in [2.75, 3.05) is 18.9 Å². The van der Waals surface area contributed by atoms with Crippen LogP contribution < -0.4 is 20.9 Å². The van der Waals surface area contributed by atoms with Gasteiger partial charge >= 0.3 is 7.82 Å². The number of aromatic nitrogens is 5. The number of hydrogen-bond acceptors (Lipinski definition) is 17. The number of carbonyl (C=O) groups excluding carboxylic acids is 1. The van der Waals surface area contributed by atoms with E-state index in [0.29, 0.717) is 0 Å². The number of aliphatic hydroxyl groups is 4. The van der Waals surface area contributed by atoms with Gasteiger partial charge in [-0.1, -0.05) is 0 Å². The lowest BCUT2D eigenvalue weighted by molar-refractivity contribution is -0.765. The Bertz CT molecular complexity index is 1630. The van der Waals surface area contributed by atoms with Crippen LogP contribution in [-0.2, 0) is 32.0 Å². The third-order valence-electron chi connectivity index (χ3n) is 6.74. The number of pyridine rings is 1. The summed E-state index contributed by atoms with van der Waals surface area (Å²) in [5.74, 6) is -0.729. The fourth-order valence-electron chi connectivity index (χ4n) is 4.57. The number of anilines is 1. The Morgan fingerprint density at radius 1 is 1.05 bits per heavy atom. The summed E-state index contributed by atoms with van der Waals surface area (Å²) in [5.41, 5.74) is 11.4. The van der Waals surface area contributed by atoms with E-state index in [9.17, 15) is 44.1 Å². The maximum atomic E-state index is 12.4. The first kappa shape index (κ1) is 32.4. The number of hydrogen-bond donors (Lipinski definition) is 7. The first-order valence-corrected chi connectivity index (χ1v) is 15.5. The first-order chi connectivity index (χ1) is 20.7. The maximum Gasteiger partial charge on any atom is 0.478 e. The molecule has 3 aromatic rings. The van der Waals surface area contributed by atoms with E-state index in [1.54, 1.807) is 0 Å². The number of amides is 1. The third kappa shape index (κ3) is 6.65. The zero-order valence-electron chi connectivity index (χ0n) is 22.2. The number of fused-ring (bicyclic) bond motifs is 1. The molecule has 23 heteroatoms. The lowest BCUT2D eigenvalue weighted by atomic mass is 10.1. The topological polar surface area (TPSA) is 321 Å². The average molecular weight is 663 g/mol. The van der Waals surface area contributed by atoms with Gasteiger partial charge in [-0.25, -0.2) is 23.8 Å². The second-order valence-electron chi connectivity index (χ2n) is 9.67. The van der Waals surface area contributed by atoms with Gasteiger partial charge in [0.25, 0.3) is 20.0 Å². The van der Waals surface area contributed by atoms with Crippen molar-refractivity contribution in [2.24, 2.45) is 5.73 Å². The van der Waals surface area contributed by atoms with Crippen LogP contribution in [0, 0.1) is 0 Å². The number of imidazole rings is 1. The SMILES string of the molecule is NC(=O)c1ccc[n+]([C@@H]2O[C@H](COP(=O)([O-])OP(=O)(O)OC[C@H]3O[C@@H](n4cnc5c(N)ncnc54)[C@@H](O)C3O)C(O)[C@@H]2O)c1. The van der Waals surface area contributed by atoms with Crippen molar-refractivity contribution in [2.45, 2.75) is 49.1 Å². The average Bonchev–Trinajstić information content (AvgIpc) is 3.61. The number of nitrogens with zero attached hydrogens (tertiary/aromatic N) is 5. The number of primary amides is 1. The zero-order valence-corrected chi connectivity index (χ0v) is 24.0. The summed E-state index contributed by atoms with van der Waals surface area (Å²) in [6, 6.07) is 2.82. The van der Waals surface area contributed by atoms with E-state index in [2.05, 4.69) is 28.3 Å². The van der Waals surface area contributed by atoms with Crippen molar-refractivity contribution in [1.29, 1.82) is 0 Å². The van der Waals surface area contributed by atoms with Crippen LogP contribution in [0.1, 0.15) is 22.8 Å². The fraction of sp³-hybridized carbons (Fsp3) is 0.476. The standard InChI is InChI=1S/C21H27N7O14P2/c22-17-12-19(25-7-24-17)28(8-26-12)21-16(32)14(30)11(41-21)6-39-44(36,37)42-43(34,35)38-5-10-13(29)15(31)20(40-10)27-3-1-2-9(4-27)18(23)33/h1-4,7-8,10-11,13-16,20-21,29-32H,5-6H2,(H5-,22,23,24,25,33,34,35,36,37)/t10-,11-,13?,14?,15+,16+,20-,21-/m1/s1. The van der Waals surface area contributed by atoms with Gasteiger partial charge in [0, 0.05) is 6.07 Å². The molecule has 0 spiro atoms. The van der Waals surface area contributed by atoms with Crippen molar-refractivity contribution in [3.63, 3.8) is 0 Å². The molecule has 240 valence electrons. The molecule has 44 heavy (non-hydrogen) atoms. The summed E-state index contributed by atoms with van der Waals surface area (Å²) in [4.78, 5) is 45.5. The Hall–Kier alpha value is -3.01. The van der Waals surface area contributed by atoms with Crippen LogP contribution in [0.2, 0.25) is 0 Å². The Morgan fingerprint density at radius 2 is 1.73 bits per heavy atom. The Balaban J connectivity index is 1.16. The van der Waals surface area contributed by atoms with E-state index in [-0.39, 0.29) is 22.5 Å². The molecule has 4 unspecified atom stereocenters. The van der Waals surface area contributed by atoms with Gasteiger partial charge in [0.1, 0.15) is 47.9 Å². The van der Waals surface area contributed by atoms with Gasteiger partial charge in [-0.15, -0.1) is 0 Å². The molecule has 0 saturated carbocycles. The molecular weight excluding hydrogens is 636 g/mol. The molecule has 5 heterocycles. The molecule has 21 nitrogen and oxygen atoms in total. The summed E-state index contributed by atoms with van der Waals surface area (Å²) >= 11 is 0. The molecule has 0 aliphatic carbocycles. The van der Waals surface area contributed by atoms with Crippen molar-refractivity contribution in [3.05, 3.63) is 42.7 Å². The van der Waals surface area contributed by atoms with Crippen LogP contribution in [0.15, 0.2) is 37.2 Å². The number of nitrogen functional groups attached to an aromatic ring is 1. The minimum atomic E-state index is -5.62. The van der Waals surface area contributed by atoms with Crippen LogP contribution in [0.4, 0.5) is 5.82 Å². The molecule has 5 rings (SSSR count). The van der Waals surface area contributed by atoms with E-state index in [4.69, 9.17) is 20.9 Å². The van der Waals surface area contributed by atoms with E-state index in [0.717, 1.165) is 6.33 Å². The predicted molar refractivity (Wildman–Crippen MR) is 137 cm³/mol. The largest absolute Gasteiger partial charge is 0.756 e.